The normalized spacial score (nSPS) is 20.3. The molecule has 14 heavy (non-hydrogen) atoms. The maximum absolute atomic E-state index is 11.9. The molecule has 0 aromatic carbocycles. The van der Waals surface area contributed by atoms with Crippen LogP contribution in [-0.4, -0.2) is 27.1 Å². The summed E-state index contributed by atoms with van der Waals surface area (Å²) in [5.41, 5.74) is 0. The van der Waals surface area contributed by atoms with Crippen LogP contribution in [0.5, 0.6) is 0 Å². The fourth-order valence-corrected chi connectivity index (χ4v) is 1.71. The minimum atomic E-state index is -4.87. The Hall–Kier alpha value is -0.270. The maximum Gasteiger partial charge on any atom is 0.402 e. The number of hydrogen-bond donors (Lipinski definition) is 0. The van der Waals surface area contributed by atoms with Crippen molar-refractivity contribution in [2.75, 3.05) is 0 Å². The van der Waals surface area contributed by atoms with Gasteiger partial charge in [-0.1, -0.05) is 0 Å². The molecule has 0 spiro atoms. The Bertz CT molecular complexity index is 197. The van der Waals surface area contributed by atoms with Gasteiger partial charge in [0.05, 0.1) is 0 Å². The lowest BCUT2D eigenvalue weighted by atomic mass is 10.5. The highest BCUT2D eigenvalue weighted by Gasteiger charge is 2.48. The van der Waals surface area contributed by atoms with Gasteiger partial charge in [0.1, 0.15) is 10.5 Å². The predicted molar refractivity (Wildman–Crippen MR) is 39.2 cm³/mol. The summed E-state index contributed by atoms with van der Waals surface area (Å²) in [4.78, 5) is 0. The van der Waals surface area contributed by atoms with Gasteiger partial charge in [0.25, 0.3) is 0 Å². The van der Waals surface area contributed by atoms with E-state index in [1.165, 1.54) is 0 Å². The van der Waals surface area contributed by atoms with Gasteiger partial charge in [-0.3, -0.25) is 4.21 Å². The van der Waals surface area contributed by atoms with Crippen molar-refractivity contribution in [2.24, 2.45) is 0 Å². The minimum absolute atomic E-state index is 0.471. The van der Waals surface area contributed by atoms with E-state index in [9.17, 15) is 30.6 Å². The molecule has 8 heteroatoms. The smallest absolute Gasteiger partial charge is 0.258 e. The van der Waals surface area contributed by atoms with Crippen molar-refractivity contribution in [1.29, 1.82) is 0 Å². The van der Waals surface area contributed by atoms with Crippen molar-refractivity contribution in [1.82, 2.24) is 0 Å². The average Bonchev–Trinajstić information content (AvgIpc) is 1.97. The van der Waals surface area contributed by atoms with Gasteiger partial charge in [-0.15, -0.1) is 0 Å². The molecule has 0 radical (unpaired) electrons. The van der Waals surface area contributed by atoms with Gasteiger partial charge in [0.2, 0.25) is 0 Å². The molecule has 0 aromatic heterocycles. The van der Waals surface area contributed by atoms with Crippen molar-refractivity contribution >= 4 is 10.8 Å². The van der Waals surface area contributed by atoms with Gasteiger partial charge in [-0.05, 0) is 13.8 Å². The van der Waals surface area contributed by atoms with Crippen LogP contribution in [0.25, 0.3) is 0 Å². The summed E-state index contributed by atoms with van der Waals surface area (Å²) in [5.74, 6) is 0. The van der Waals surface area contributed by atoms with Crippen LogP contribution in [0.1, 0.15) is 13.8 Å². The van der Waals surface area contributed by atoms with E-state index in [1.807, 2.05) is 0 Å². The highest BCUT2D eigenvalue weighted by molar-refractivity contribution is 7.86. The summed E-state index contributed by atoms with van der Waals surface area (Å²) in [5, 5.41) is -4.95. The first-order valence-corrected chi connectivity index (χ1v) is 4.78. The van der Waals surface area contributed by atoms with E-state index in [1.54, 1.807) is 0 Å². The fourth-order valence-electron chi connectivity index (χ4n) is 0.570. The molecule has 0 aliphatic rings. The molecule has 1 nitrogen and oxygen atoms in total. The third-order valence-electron chi connectivity index (χ3n) is 1.62. The largest absolute Gasteiger partial charge is 0.402 e. The number of halogens is 6. The molecule has 0 heterocycles. The second-order valence-electron chi connectivity index (χ2n) is 2.70. The van der Waals surface area contributed by atoms with Crippen LogP contribution in [-0.2, 0) is 10.8 Å². The van der Waals surface area contributed by atoms with Crippen molar-refractivity contribution in [3.63, 3.8) is 0 Å². The van der Waals surface area contributed by atoms with E-state index in [4.69, 9.17) is 0 Å². The van der Waals surface area contributed by atoms with Gasteiger partial charge >= 0.3 is 12.4 Å². The van der Waals surface area contributed by atoms with E-state index in [0.717, 1.165) is 0 Å². The molecule has 0 N–H and O–H groups in total. The van der Waals surface area contributed by atoms with Crippen molar-refractivity contribution in [3.05, 3.63) is 0 Å². The molecule has 2 unspecified atom stereocenters. The molecule has 86 valence electrons. The van der Waals surface area contributed by atoms with Crippen molar-refractivity contribution in [3.8, 4) is 0 Å². The van der Waals surface area contributed by atoms with E-state index >= 15 is 0 Å². The molecule has 0 saturated heterocycles. The van der Waals surface area contributed by atoms with E-state index in [2.05, 4.69) is 0 Å². The Kier molecular flexibility index (Phi) is 4.00. The number of alkyl halides is 6. The Morgan fingerprint density at radius 3 is 1.21 bits per heavy atom. The summed E-state index contributed by atoms with van der Waals surface area (Å²) in [7, 11) is -3.00. The molecule has 2 atom stereocenters. The topological polar surface area (TPSA) is 17.1 Å². The zero-order valence-electron chi connectivity index (χ0n) is 7.24. The molecular formula is C6H8F6OS. The van der Waals surface area contributed by atoms with Crippen LogP contribution in [0.3, 0.4) is 0 Å². The third kappa shape index (κ3) is 3.47. The molecule has 0 rings (SSSR count). The van der Waals surface area contributed by atoms with Crippen molar-refractivity contribution in [2.45, 2.75) is 36.7 Å². The monoisotopic (exact) mass is 242 g/mol. The maximum atomic E-state index is 11.9. The summed E-state index contributed by atoms with van der Waals surface area (Å²) < 4.78 is 82.1. The second kappa shape index (κ2) is 4.08. The SMILES string of the molecule is CC(S(=O)C(C)C(F)(F)F)C(F)(F)F. The molecule has 0 saturated carbocycles. The molecular weight excluding hydrogens is 234 g/mol. The first-order chi connectivity index (χ1) is 5.98. The lowest BCUT2D eigenvalue weighted by molar-refractivity contribution is -0.133. The first kappa shape index (κ1) is 13.7. The molecule has 0 fully saturated rings. The van der Waals surface area contributed by atoms with Crippen LogP contribution < -0.4 is 0 Å². The lowest BCUT2D eigenvalue weighted by Gasteiger charge is -2.21. The lowest BCUT2D eigenvalue weighted by Crippen LogP contribution is -2.40. The van der Waals surface area contributed by atoms with Crippen LogP contribution in [0.15, 0.2) is 0 Å². The quantitative estimate of drug-likeness (QED) is 0.680. The first-order valence-electron chi connectivity index (χ1n) is 3.50. The Morgan fingerprint density at radius 1 is 0.857 bits per heavy atom. The molecule has 0 aliphatic carbocycles. The second-order valence-corrected chi connectivity index (χ2v) is 4.77. The van der Waals surface area contributed by atoms with Gasteiger partial charge in [0, 0.05) is 10.8 Å². The number of hydrogen-bond acceptors (Lipinski definition) is 1. The Balaban J connectivity index is 4.65. The Morgan fingerprint density at radius 2 is 1.07 bits per heavy atom. The van der Waals surface area contributed by atoms with Gasteiger partial charge in [-0.25, -0.2) is 0 Å². The Labute approximate surface area is 78.9 Å². The van der Waals surface area contributed by atoms with Crippen LogP contribution in [0, 0.1) is 0 Å². The zero-order valence-corrected chi connectivity index (χ0v) is 8.06. The van der Waals surface area contributed by atoms with Crippen molar-refractivity contribution < 1.29 is 30.6 Å². The molecule has 0 aromatic rings. The van der Waals surface area contributed by atoms with E-state index < -0.39 is 33.7 Å². The molecule has 0 aliphatic heterocycles. The minimum Gasteiger partial charge on any atom is -0.258 e. The summed E-state index contributed by atoms with van der Waals surface area (Å²) in [6.07, 6.45) is -9.74. The number of rotatable bonds is 2. The van der Waals surface area contributed by atoms with E-state index in [-0.39, 0.29) is 0 Å². The zero-order chi connectivity index (χ0) is 11.7. The highest BCUT2D eigenvalue weighted by Crippen LogP contribution is 2.31. The van der Waals surface area contributed by atoms with Crippen LogP contribution >= 0.6 is 0 Å². The van der Waals surface area contributed by atoms with Gasteiger partial charge in [-0.2, -0.15) is 26.3 Å². The standard InChI is InChI=1S/C6H8F6OS/c1-3(5(7,8)9)14(13)4(2)6(10,11)12/h3-4H,1-2H3. The summed E-state index contributed by atoms with van der Waals surface area (Å²) in [6.45, 7) is 0.941. The molecule has 0 amide bonds. The highest BCUT2D eigenvalue weighted by atomic mass is 32.2. The van der Waals surface area contributed by atoms with Crippen LogP contribution in [0.2, 0.25) is 0 Å². The predicted octanol–water partition coefficient (Wildman–Crippen LogP) is 2.64. The van der Waals surface area contributed by atoms with Crippen LogP contribution in [0.4, 0.5) is 26.3 Å². The average molecular weight is 242 g/mol. The molecule has 0 bridgehead atoms. The summed E-state index contributed by atoms with van der Waals surface area (Å²) in [6, 6.07) is 0. The fraction of sp³-hybridized carbons (Fsp3) is 1.00. The van der Waals surface area contributed by atoms with E-state index in [0.29, 0.717) is 13.8 Å². The van der Waals surface area contributed by atoms with Gasteiger partial charge in [0.15, 0.2) is 0 Å². The third-order valence-corrected chi connectivity index (χ3v) is 3.55. The summed E-state index contributed by atoms with van der Waals surface area (Å²) >= 11 is 0. The van der Waals surface area contributed by atoms with Gasteiger partial charge < -0.3 is 0 Å².